The van der Waals surface area contributed by atoms with E-state index >= 15 is 0 Å². The Hall–Kier alpha value is -2.58. The quantitative estimate of drug-likeness (QED) is 0.523. The number of piperidine rings is 1. The SMILES string of the molecule is Cc1cc(-c2nc3ncn(C4CCN(C)CC4)c(=O)c3s2)cc2cn(C)nc12. The lowest BCUT2D eigenvalue weighted by molar-refractivity contribution is 0.218. The van der Waals surface area contributed by atoms with Crippen molar-refractivity contribution in [1.29, 1.82) is 0 Å². The van der Waals surface area contributed by atoms with Crippen molar-refractivity contribution in [3.63, 3.8) is 0 Å². The predicted octanol–water partition coefficient (Wildman–Crippen LogP) is 2.98. The molecule has 1 saturated heterocycles. The summed E-state index contributed by atoms with van der Waals surface area (Å²) >= 11 is 1.44. The molecular weight excluding hydrogens is 372 g/mol. The standard InChI is InChI=1S/C20H22N6OS/c1-12-8-13(9-14-10-25(3)23-16(12)14)19-22-18-17(28-19)20(27)26(11-21-18)15-4-6-24(2)7-5-15/h8-11,15H,4-7H2,1-3H3. The smallest absolute Gasteiger partial charge is 0.273 e. The molecule has 1 fully saturated rings. The zero-order valence-electron chi connectivity index (χ0n) is 16.2. The summed E-state index contributed by atoms with van der Waals surface area (Å²) < 4.78 is 4.27. The second-order valence-corrected chi connectivity index (χ2v) is 8.70. The fourth-order valence-electron chi connectivity index (χ4n) is 4.04. The Bertz CT molecular complexity index is 1250. The third-order valence-electron chi connectivity index (χ3n) is 5.58. The number of aryl methyl sites for hydroxylation is 2. The number of rotatable bonds is 2. The molecule has 0 bridgehead atoms. The summed E-state index contributed by atoms with van der Waals surface area (Å²) in [5, 5.41) is 6.41. The first-order chi connectivity index (χ1) is 13.5. The summed E-state index contributed by atoms with van der Waals surface area (Å²) in [6, 6.07) is 4.39. The van der Waals surface area contributed by atoms with Gasteiger partial charge in [-0.3, -0.25) is 14.0 Å². The number of hydrogen-bond donors (Lipinski definition) is 0. The monoisotopic (exact) mass is 394 g/mol. The Labute approximate surface area is 166 Å². The van der Waals surface area contributed by atoms with E-state index in [0.717, 1.165) is 53.0 Å². The molecule has 1 aromatic carbocycles. The summed E-state index contributed by atoms with van der Waals surface area (Å²) in [7, 11) is 4.04. The molecule has 0 radical (unpaired) electrons. The summed E-state index contributed by atoms with van der Waals surface area (Å²) in [6.45, 7) is 4.07. The number of hydrogen-bond acceptors (Lipinski definition) is 6. The highest BCUT2D eigenvalue weighted by Crippen LogP contribution is 2.31. The molecule has 7 nitrogen and oxygen atoms in total. The van der Waals surface area contributed by atoms with Gasteiger partial charge in [-0.15, -0.1) is 11.3 Å². The average Bonchev–Trinajstić information content (AvgIpc) is 3.27. The summed E-state index contributed by atoms with van der Waals surface area (Å²) in [5.74, 6) is 0. The first-order valence-electron chi connectivity index (χ1n) is 9.50. The molecule has 3 aromatic heterocycles. The minimum absolute atomic E-state index is 0.0301. The van der Waals surface area contributed by atoms with Crippen LogP contribution in [-0.4, -0.2) is 49.4 Å². The maximum absolute atomic E-state index is 13.1. The fourth-order valence-corrected chi connectivity index (χ4v) is 4.98. The van der Waals surface area contributed by atoms with E-state index < -0.39 is 0 Å². The molecule has 0 spiro atoms. The highest BCUT2D eigenvalue weighted by Gasteiger charge is 2.21. The van der Waals surface area contributed by atoms with Gasteiger partial charge in [0.1, 0.15) is 16.0 Å². The van der Waals surface area contributed by atoms with Gasteiger partial charge in [0.05, 0.1) is 5.52 Å². The van der Waals surface area contributed by atoms with Crippen LogP contribution in [0.1, 0.15) is 24.4 Å². The molecule has 0 saturated carbocycles. The van der Waals surface area contributed by atoms with E-state index in [9.17, 15) is 4.79 Å². The Morgan fingerprint density at radius 3 is 2.75 bits per heavy atom. The summed E-state index contributed by atoms with van der Waals surface area (Å²) in [5.41, 5.74) is 3.67. The van der Waals surface area contributed by atoms with Crippen LogP contribution in [0.4, 0.5) is 0 Å². The molecule has 0 unspecified atom stereocenters. The first kappa shape index (κ1) is 17.5. The Kier molecular flexibility index (Phi) is 4.06. The van der Waals surface area contributed by atoms with E-state index in [1.165, 1.54) is 11.3 Å². The predicted molar refractivity (Wildman–Crippen MR) is 112 cm³/mol. The molecule has 28 heavy (non-hydrogen) atoms. The highest BCUT2D eigenvalue weighted by atomic mass is 32.1. The zero-order chi connectivity index (χ0) is 19.4. The molecule has 4 heterocycles. The van der Waals surface area contributed by atoms with Gasteiger partial charge in [-0.05, 0) is 57.6 Å². The van der Waals surface area contributed by atoms with Gasteiger partial charge in [0.15, 0.2) is 5.65 Å². The Morgan fingerprint density at radius 2 is 1.96 bits per heavy atom. The van der Waals surface area contributed by atoms with Crippen LogP contribution in [0.5, 0.6) is 0 Å². The molecular formula is C20H22N6OS. The van der Waals surface area contributed by atoms with Crippen LogP contribution in [0.15, 0.2) is 29.5 Å². The van der Waals surface area contributed by atoms with E-state index in [1.54, 1.807) is 6.33 Å². The van der Waals surface area contributed by atoms with Crippen molar-refractivity contribution < 1.29 is 0 Å². The molecule has 8 heteroatoms. The van der Waals surface area contributed by atoms with Crippen molar-refractivity contribution in [3.05, 3.63) is 40.6 Å². The van der Waals surface area contributed by atoms with Crippen LogP contribution >= 0.6 is 11.3 Å². The molecule has 0 aliphatic carbocycles. The topological polar surface area (TPSA) is 68.8 Å². The van der Waals surface area contributed by atoms with E-state index in [4.69, 9.17) is 0 Å². The summed E-state index contributed by atoms with van der Waals surface area (Å²) in [4.78, 5) is 24.6. The number of benzene rings is 1. The lowest BCUT2D eigenvalue weighted by Gasteiger charge is -2.29. The molecule has 0 amide bonds. The first-order valence-corrected chi connectivity index (χ1v) is 10.3. The maximum Gasteiger partial charge on any atom is 0.273 e. The van der Waals surface area contributed by atoms with E-state index in [1.807, 2.05) is 22.5 Å². The van der Waals surface area contributed by atoms with Gasteiger partial charge in [-0.1, -0.05) is 0 Å². The van der Waals surface area contributed by atoms with Crippen molar-refractivity contribution in [3.8, 4) is 10.6 Å². The number of likely N-dealkylation sites (tertiary alicyclic amines) is 1. The highest BCUT2D eigenvalue weighted by molar-refractivity contribution is 7.21. The Balaban J connectivity index is 1.59. The second kappa shape index (κ2) is 6.49. The molecule has 0 atom stereocenters. The van der Waals surface area contributed by atoms with Gasteiger partial charge in [0.25, 0.3) is 5.56 Å². The third-order valence-corrected chi connectivity index (χ3v) is 6.67. The molecule has 144 valence electrons. The zero-order valence-corrected chi connectivity index (χ0v) is 17.0. The van der Waals surface area contributed by atoms with Gasteiger partial charge in [-0.25, -0.2) is 9.97 Å². The molecule has 5 rings (SSSR count). The van der Waals surface area contributed by atoms with Crippen molar-refractivity contribution in [2.75, 3.05) is 20.1 Å². The fraction of sp³-hybridized carbons (Fsp3) is 0.400. The Morgan fingerprint density at radius 1 is 1.18 bits per heavy atom. The van der Waals surface area contributed by atoms with Crippen molar-refractivity contribution in [1.82, 2.24) is 29.2 Å². The van der Waals surface area contributed by atoms with Crippen molar-refractivity contribution in [2.24, 2.45) is 7.05 Å². The number of fused-ring (bicyclic) bond motifs is 2. The van der Waals surface area contributed by atoms with Gasteiger partial charge in [0.2, 0.25) is 0 Å². The number of thiazole rings is 1. The van der Waals surface area contributed by atoms with Crippen molar-refractivity contribution >= 4 is 32.6 Å². The van der Waals surface area contributed by atoms with Crippen LogP contribution < -0.4 is 5.56 Å². The lowest BCUT2D eigenvalue weighted by Crippen LogP contribution is -2.35. The minimum Gasteiger partial charge on any atom is -0.306 e. The van der Waals surface area contributed by atoms with Crippen molar-refractivity contribution in [2.45, 2.75) is 25.8 Å². The normalized spacial score (nSPS) is 16.4. The van der Waals surface area contributed by atoms with Crippen LogP contribution in [0, 0.1) is 6.92 Å². The molecule has 1 aliphatic rings. The van der Waals surface area contributed by atoms with Gasteiger partial charge in [0, 0.05) is 30.2 Å². The maximum atomic E-state index is 13.1. The van der Waals surface area contributed by atoms with Crippen LogP contribution in [0.25, 0.3) is 31.8 Å². The van der Waals surface area contributed by atoms with E-state index in [2.05, 4.69) is 46.1 Å². The van der Waals surface area contributed by atoms with Gasteiger partial charge >= 0.3 is 0 Å². The van der Waals surface area contributed by atoms with Crippen LogP contribution in [0.3, 0.4) is 0 Å². The van der Waals surface area contributed by atoms with E-state index in [-0.39, 0.29) is 11.6 Å². The largest absolute Gasteiger partial charge is 0.306 e. The lowest BCUT2D eigenvalue weighted by atomic mass is 10.1. The minimum atomic E-state index is 0.0301. The van der Waals surface area contributed by atoms with Gasteiger partial charge < -0.3 is 4.90 Å². The summed E-state index contributed by atoms with van der Waals surface area (Å²) in [6.07, 6.45) is 5.64. The second-order valence-electron chi connectivity index (χ2n) is 7.70. The van der Waals surface area contributed by atoms with Crippen LogP contribution in [-0.2, 0) is 7.05 Å². The molecule has 4 aromatic rings. The van der Waals surface area contributed by atoms with Crippen LogP contribution in [0.2, 0.25) is 0 Å². The molecule has 1 aliphatic heterocycles. The average molecular weight is 395 g/mol. The third kappa shape index (κ3) is 2.84. The number of aromatic nitrogens is 5. The van der Waals surface area contributed by atoms with E-state index in [0.29, 0.717) is 10.3 Å². The number of nitrogens with zero attached hydrogens (tertiary/aromatic N) is 6. The van der Waals surface area contributed by atoms with Gasteiger partial charge in [-0.2, -0.15) is 5.10 Å². The molecule has 0 N–H and O–H groups in total.